The predicted octanol–water partition coefficient (Wildman–Crippen LogP) is 4.98. The van der Waals surface area contributed by atoms with Gasteiger partial charge in [0, 0.05) is 23.5 Å². The van der Waals surface area contributed by atoms with E-state index >= 15 is 0 Å². The highest BCUT2D eigenvalue weighted by Gasteiger charge is 2.12. The summed E-state index contributed by atoms with van der Waals surface area (Å²) in [5, 5.41) is 3.85. The number of anilines is 1. The topological polar surface area (TPSA) is 54.9 Å². The normalized spacial score (nSPS) is 10.7. The van der Waals surface area contributed by atoms with Crippen molar-refractivity contribution in [2.45, 2.75) is 38.3 Å². The molecule has 1 amide bonds. The number of aromatic nitrogens is 2. The summed E-state index contributed by atoms with van der Waals surface area (Å²) in [5.41, 5.74) is 6.18. The zero-order valence-corrected chi connectivity index (χ0v) is 17.3. The van der Waals surface area contributed by atoms with Crippen LogP contribution in [0.5, 0.6) is 0 Å². The quantitative estimate of drug-likeness (QED) is 0.456. The molecule has 1 aromatic heterocycles. The highest BCUT2D eigenvalue weighted by molar-refractivity contribution is 7.98. The Labute approximate surface area is 170 Å². The average molecular weight is 392 g/mol. The van der Waals surface area contributed by atoms with E-state index in [-0.39, 0.29) is 5.91 Å². The van der Waals surface area contributed by atoms with Crippen LogP contribution in [0.2, 0.25) is 0 Å². The van der Waals surface area contributed by atoms with Crippen molar-refractivity contribution in [1.82, 2.24) is 9.97 Å². The summed E-state index contributed by atoms with van der Waals surface area (Å²) in [7, 11) is 0. The molecule has 28 heavy (non-hydrogen) atoms. The van der Waals surface area contributed by atoms with E-state index in [1.807, 2.05) is 56.5 Å². The van der Waals surface area contributed by atoms with Crippen LogP contribution in [0, 0.1) is 13.8 Å². The monoisotopic (exact) mass is 391 g/mol. The summed E-state index contributed by atoms with van der Waals surface area (Å²) in [6.07, 6.45) is 3.80. The number of rotatable bonds is 7. The molecule has 1 N–H and O–H groups in total. The third kappa shape index (κ3) is 5.20. The van der Waals surface area contributed by atoms with E-state index in [1.165, 1.54) is 17.3 Å². The third-order valence-electron chi connectivity index (χ3n) is 4.71. The molecule has 0 fully saturated rings. The van der Waals surface area contributed by atoms with Crippen molar-refractivity contribution in [2.75, 3.05) is 11.6 Å². The fraction of sp³-hybridized carbons (Fsp3) is 0.261. The number of carbonyl (C=O) groups is 1. The zero-order chi connectivity index (χ0) is 19.9. The number of nitrogens with one attached hydrogen (secondary N) is 1. The van der Waals surface area contributed by atoms with E-state index in [4.69, 9.17) is 0 Å². The Morgan fingerprint density at radius 3 is 2.29 bits per heavy atom. The molecule has 3 rings (SSSR count). The third-order valence-corrected chi connectivity index (χ3v) is 5.26. The number of amides is 1. The summed E-state index contributed by atoms with van der Waals surface area (Å²) in [5.74, 6) is 0.00764. The number of aryl methyl sites for hydroxylation is 2. The second-order valence-corrected chi connectivity index (χ2v) is 7.50. The van der Waals surface area contributed by atoms with Gasteiger partial charge in [-0.2, -0.15) is 0 Å². The number of carbonyl (C=O) groups excluding carboxylic acids is 1. The summed E-state index contributed by atoms with van der Waals surface area (Å²) in [4.78, 5) is 21.6. The molecule has 0 saturated carbocycles. The summed E-state index contributed by atoms with van der Waals surface area (Å²) >= 11 is 1.53. The molecular formula is C23H25N3OS. The molecule has 0 aliphatic heterocycles. The van der Waals surface area contributed by atoms with Crippen molar-refractivity contribution in [3.63, 3.8) is 0 Å². The highest BCUT2D eigenvalue weighted by atomic mass is 32.2. The minimum atomic E-state index is 0.00764. The fourth-order valence-corrected chi connectivity index (χ4v) is 3.68. The number of hydrogen-bond acceptors (Lipinski definition) is 4. The van der Waals surface area contributed by atoms with Gasteiger partial charge in [0.05, 0.1) is 0 Å². The number of nitrogens with zero attached hydrogens (tertiary/aromatic N) is 2. The van der Waals surface area contributed by atoms with E-state index < -0.39 is 0 Å². The molecule has 0 aliphatic rings. The van der Waals surface area contributed by atoms with Crippen LogP contribution in [0.4, 0.5) is 5.69 Å². The molecule has 1 heterocycles. The first-order chi connectivity index (χ1) is 13.6. The highest BCUT2D eigenvalue weighted by Crippen LogP contribution is 2.21. The van der Waals surface area contributed by atoms with E-state index in [0.29, 0.717) is 12.8 Å². The van der Waals surface area contributed by atoms with Gasteiger partial charge in [-0.3, -0.25) is 4.79 Å². The lowest BCUT2D eigenvalue weighted by Crippen LogP contribution is -2.15. The molecular weight excluding hydrogens is 366 g/mol. The van der Waals surface area contributed by atoms with Gasteiger partial charge in [-0.1, -0.05) is 60.3 Å². The van der Waals surface area contributed by atoms with Crippen molar-refractivity contribution in [1.29, 1.82) is 0 Å². The van der Waals surface area contributed by atoms with Crippen LogP contribution in [0.15, 0.2) is 59.8 Å². The standard InChI is InChI=1S/C23H25N3OS/c1-16-20(17(2)25-23(24-16)28-3)13-14-22(27)26-21-12-8-7-11-19(21)15-18-9-5-4-6-10-18/h4-12H,13-15H2,1-3H3,(H,26,27). The molecule has 0 atom stereocenters. The Morgan fingerprint density at radius 2 is 1.61 bits per heavy atom. The number of benzene rings is 2. The van der Waals surface area contributed by atoms with Crippen LogP contribution >= 0.6 is 11.8 Å². The van der Waals surface area contributed by atoms with E-state index in [9.17, 15) is 4.79 Å². The van der Waals surface area contributed by atoms with Gasteiger partial charge >= 0.3 is 0 Å². The van der Waals surface area contributed by atoms with Crippen LogP contribution in [-0.4, -0.2) is 22.1 Å². The maximum atomic E-state index is 12.6. The maximum Gasteiger partial charge on any atom is 0.224 e. The van der Waals surface area contributed by atoms with Gasteiger partial charge < -0.3 is 5.32 Å². The van der Waals surface area contributed by atoms with Gasteiger partial charge in [0.25, 0.3) is 0 Å². The Balaban J connectivity index is 1.66. The molecule has 0 saturated heterocycles. The predicted molar refractivity (Wildman–Crippen MR) is 116 cm³/mol. The SMILES string of the molecule is CSc1nc(C)c(CCC(=O)Nc2ccccc2Cc2ccccc2)c(C)n1. The molecule has 144 valence electrons. The van der Waals surface area contributed by atoms with Crippen LogP contribution < -0.4 is 5.32 Å². The second-order valence-electron chi connectivity index (χ2n) is 6.73. The molecule has 0 spiro atoms. The van der Waals surface area contributed by atoms with E-state index in [0.717, 1.165) is 39.8 Å². The van der Waals surface area contributed by atoms with E-state index in [1.54, 1.807) is 0 Å². The summed E-state index contributed by atoms with van der Waals surface area (Å²) in [6.45, 7) is 3.97. The smallest absolute Gasteiger partial charge is 0.224 e. The number of thioether (sulfide) groups is 1. The largest absolute Gasteiger partial charge is 0.326 e. The van der Waals surface area contributed by atoms with Gasteiger partial charge in [-0.05, 0) is 55.7 Å². The Morgan fingerprint density at radius 1 is 0.964 bits per heavy atom. The molecule has 0 unspecified atom stereocenters. The number of para-hydroxylation sites is 1. The maximum absolute atomic E-state index is 12.6. The molecule has 2 aromatic carbocycles. The number of hydrogen-bond donors (Lipinski definition) is 1. The Hall–Kier alpha value is -2.66. The lowest BCUT2D eigenvalue weighted by atomic mass is 10.0. The van der Waals surface area contributed by atoms with Gasteiger partial charge in [0.1, 0.15) is 0 Å². The first-order valence-corrected chi connectivity index (χ1v) is 10.6. The molecule has 5 heteroatoms. The van der Waals surface area contributed by atoms with Crippen molar-refractivity contribution in [3.05, 3.63) is 82.7 Å². The lowest BCUT2D eigenvalue weighted by Gasteiger charge is -2.13. The lowest BCUT2D eigenvalue weighted by molar-refractivity contribution is -0.116. The minimum Gasteiger partial charge on any atom is -0.326 e. The minimum absolute atomic E-state index is 0.00764. The van der Waals surface area contributed by atoms with Gasteiger partial charge in [-0.25, -0.2) is 9.97 Å². The molecule has 0 radical (unpaired) electrons. The first-order valence-electron chi connectivity index (χ1n) is 9.36. The van der Waals surface area contributed by atoms with Crippen molar-refractivity contribution >= 4 is 23.4 Å². The Bertz CT molecular complexity index is 934. The molecule has 0 aliphatic carbocycles. The Kier molecular flexibility index (Phi) is 6.82. The van der Waals surface area contributed by atoms with Crippen molar-refractivity contribution in [3.8, 4) is 0 Å². The van der Waals surface area contributed by atoms with Crippen molar-refractivity contribution in [2.24, 2.45) is 0 Å². The molecule has 0 bridgehead atoms. The summed E-state index contributed by atoms with van der Waals surface area (Å²) < 4.78 is 0. The van der Waals surface area contributed by atoms with Crippen LogP contribution in [0.3, 0.4) is 0 Å². The van der Waals surface area contributed by atoms with Gasteiger partial charge in [-0.15, -0.1) is 0 Å². The summed E-state index contributed by atoms with van der Waals surface area (Å²) in [6, 6.07) is 18.3. The molecule has 4 nitrogen and oxygen atoms in total. The van der Waals surface area contributed by atoms with Crippen LogP contribution in [0.1, 0.15) is 34.5 Å². The molecule has 3 aromatic rings. The van der Waals surface area contributed by atoms with E-state index in [2.05, 4.69) is 33.5 Å². The van der Waals surface area contributed by atoms with Crippen molar-refractivity contribution < 1.29 is 4.79 Å². The van der Waals surface area contributed by atoms with Gasteiger partial charge in [0.2, 0.25) is 5.91 Å². The van der Waals surface area contributed by atoms with Crippen LogP contribution in [-0.2, 0) is 17.6 Å². The zero-order valence-electron chi connectivity index (χ0n) is 16.5. The van der Waals surface area contributed by atoms with Gasteiger partial charge in [0.15, 0.2) is 5.16 Å². The first kappa shape index (κ1) is 20.1. The van der Waals surface area contributed by atoms with Crippen LogP contribution in [0.25, 0.3) is 0 Å². The average Bonchev–Trinajstić information content (AvgIpc) is 2.69. The second kappa shape index (κ2) is 9.51. The fourth-order valence-electron chi connectivity index (χ4n) is 3.23.